The molecule has 4 heteroatoms. The summed E-state index contributed by atoms with van der Waals surface area (Å²) in [6.45, 7) is 1.95. The van der Waals surface area contributed by atoms with E-state index in [2.05, 4.69) is 9.97 Å². The third-order valence-corrected chi connectivity index (χ3v) is 3.08. The molecule has 0 unspecified atom stereocenters. The summed E-state index contributed by atoms with van der Waals surface area (Å²) in [6, 6.07) is 13.0. The second-order valence-corrected chi connectivity index (χ2v) is 4.52. The fourth-order valence-electron chi connectivity index (χ4n) is 2.09. The quantitative estimate of drug-likeness (QED) is 0.653. The molecule has 0 aliphatic rings. The summed E-state index contributed by atoms with van der Waals surface area (Å²) in [4.78, 5) is 19.4. The summed E-state index contributed by atoms with van der Waals surface area (Å²) >= 11 is 0. The van der Waals surface area contributed by atoms with E-state index >= 15 is 0 Å². The standard InChI is InChI=1S/C15H13N3O/c1-9-6-7-13-11(8-9)15(19)18-14(17-13)10-4-2-3-5-12(10)16/h2-8H,16H2,1H3,(H,17,18,19). The number of nitrogens with zero attached hydrogens (tertiary/aromatic N) is 1. The lowest BCUT2D eigenvalue weighted by molar-refractivity contribution is 1.18. The van der Waals surface area contributed by atoms with E-state index in [4.69, 9.17) is 5.73 Å². The molecule has 1 aromatic heterocycles. The van der Waals surface area contributed by atoms with E-state index in [0.29, 0.717) is 22.4 Å². The van der Waals surface area contributed by atoms with Gasteiger partial charge in [0.2, 0.25) is 0 Å². The van der Waals surface area contributed by atoms with Crippen molar-refractivity contribution in [3.8, 4) is 11.4 Å². The highest BCUT2D eigenvalue weighted by Crippen LogP contribution is 2.22. The summed E-state index contributed by atoms with van der Waals surface area (Å²) in [6.07, 6.45) is 0. The predicted octanol–water partition coefficient (Wildman–Crippen LogP) is 2.48. The minimum Gasteiger partial charge on any atom is -0.398 e. The molecule has 2 aromatic carbocycles. The van der Waals surface area contributed by atoms with Crippen LogP contribution in [0.15, 0.2) is 47.3 Å². The molecule has 0 fully saturated rings. The van der Waals surface area contributed by atoms with Gasteiger partial charge in [0, 0.05) is 11.3 Å². The number of nitrogen functional groups attached to an aromatic ring is 1. The van der Waals surface area contributed by atoms with Gasteiger partial charge in [0.1, 0.15) is 5.82 Å². The maximum absolute atomic E-state index is 12.1. The zero-order chi connectivity index (χ0) is 13.4. The predicted molar refractivity (Wildman–Crippen MR) is 76.9 cm³/mol. The molecule has 0 atom stereocenters. The highest BCUT2D eigenvalue weighted by Gasteiger charge is 2.08. The van der Waals surface area contributed by atoms with Gasteiger partial charge in [-0.3, -0.25) is 4.79 Å². The molecular formula is C15H13N3O. The van der Waals surface area contributed by atoms with E-state index in [1.165, 1.54) is 0 Å². The molecule has 94 valence electrons. The van der Waals surface area contributed by atoms with Crippen molar-refractivity contribution in [2.75, 3.05) is 5.73 Å². The van der Waals surface area contributed by atoms with Crippen LogP contribution in [0, 0.1) is 6.92 Å². The van der Waals surface area contributed by atoms with Gasteiger partial charge in [-0.05, 0) is 31.2 Å². The number of nitrogens with two attached hydrogens (primary N) is 1. The molecule has 0 saturated heterocycles. The van der Waals surface area contributed by atoms with Crippen molar-refractivity contribution in [1.82, 2.24) is 9.97 Å². The zero-order valence-electron chi connectivity index (χ0n) is 10.5. The number of aromatic nitrogens is 2. The lowest BCUT2D eigenvalue weighted by Crippen LogP contribution is -2.10. The van der Waals surface area contributed by atoms with Gasteiger partial charge in [0.05, 0.1) is 10.9 Å². The first-order valence-electron chi connectivity index (χ1n) is 6.01. The number of rotatable bonds is 1. The number of H-pyrrole nitrogens is 1. The monoisotopic (exact) mass is 251 g/mol. The van der Waals surface area contributed by atoms with E-state index in [0.717, 1.165) is 11.1 Å². The molecule has 3 rings (SSSR count). The Morgan fingerprint density at radius 2 is 1.95 bits per heavy atom. The molecule has 19 heavy (non-hydrogen) atoms. The smallest absolute Gasteiger partial charge is 0.259 e. The minimum absolute atomic E-state index is 0.146. The molecule has 3 aromatic rings. The number of aryl methyl sites for hydroxylation is 1. The van der Waals surface area contributed by atoms with E-state index < -0.39 is 0 Å². The molecule has 0 aliphatic carbocycles. The number of hydrogen-bond donors (Lipinski definition) is 2. The van der Waals surface area contributed by atoms with Crippen LogP contribution >= 0.6 is 0 Å². The summed E-state index contributed by atoms with van der Waals surface area (Å²) in [5, 5.41) is 0.596. The number of nitrogens with one attached hydrogen (secondary N) is 1. The molecular weight excluding hydrogens is 238 g/mol. The largest absolute Gasteiger partial charge is 0.398 e. The molecule has 0 aliphatic heterocycles. The number of fused-ring (bicyclic) bond motifs is 1. The van der Waals surface area contributed by atoms with Crippen LogP contribution in [0.4, 0.5) is 5.69 Å². The first-order valence-corrected chi connectivity index (χ1v) is 6.01. The number of para-hydroxylation sites is 1. The van der Waals surface area contributed by atoms with E-state index in [1.807, 2.05) is 43.3 Å². The van der Waals surface area contributed by atoms with E-state index in [1.54, 1.807) is 6.07 Å². The molecule has 1 heterocycles. The third-order valence-electron chi connectivity index (χ3n) is 3.08. The van der Waals surface area contributed by atoms with Crippen molar-refractivity contribution in [3.63, 3.8) is 0 Å². The fourth-order valence-corrected chi connectivity index (χ4v) is 2.09. The molecule has 0 saturated carbocycles. The van der Waals surface area contributed by atoms with Crippen molar-refractivity contribution in [2.45, 2.75) is 6.92 Å². The van der Waals surface area contributed by atoms with Gasteiger partial charge in [-0.2, -0.15) is 0 Å². The zero-order valence-corrected chi connectivity index (χ0v) is 10.5. The van der Waals surface area contributed by atoms with Crippen LogP contribution in [-0.2, 0) is 0 Å². The Morgan fingerprint density at radius 1 is 1.16 bits per heavy atom. The second kappa shape index (κ2) is 4.24. The van der Waals surface area contributed by atoms with Crippen molar-refractivity contribution in [1.29, 1.82) is 0 Å². The van der Waals surface area contributed by atoms with Gasteiger partial charge >= 0.3 is 0 Å². The summed E-state index contributed by atoms with van der Waals surface area (Å²) in [7, 11) is 0. The average Bonchev–Trinajstić information content (AvgIpc) is 2.40. The van der Waals surface area contributed by atoms with Gasteiger partial charge in [-0.15, -0.1) is 0 Å². The van der Waals surface area contributed by atoms with Crippen molar-refractivity contribution < 1.29 is 0 Å². The number of anilines is 1. The maximum Gasteiger partial charge on any atom is 0.259 e. The SMILES string of the molecule is Cc1ccc2nc(-c3ccccc3N)[nH]c(=O)c2c1. The fraction of sp³-hybridized carbons (Fsp3) is 0.0667. The van der Waals surface area contributed by atoms with E-state index in [-0.39, 0.29) is 5.56 Å². The summed E-state index contributed by atoms with van der Waals surface area (Å²) < 4.78 is 0. The Hall–Kier alpha value is -2.62. The van der Waals surface area contributed by atoms with Crippen LogP contribution in [0.25, 0.3) is 22.3 Å². The highest BCUT2D eigenvalue weighted by atomic mass is 16.1. The van der Waals surface area contributed by atoms with Crippen molar-refractivity contribution in [2.24, 2.45) is 0 Å². The highest BCUT2D eigenvalue weighted by molar-refractivity contribution is 5.81. The van der Waals surface area contributed by atoms with Crippen LogP contribution in [0.2, 0.25) is 0 Å². The lowest BCUT2D eigenvalue weighted by Gasteiger charge is -2.06. The van der Waals surface area contributed by atoms with Gasteiger partial charge < -0.3 is 10.7 Å². The Bertz CT molecular complexity index is 821. The van der Waals surface area contributed by atoms with Crippen LogP contribution in [0.5, 0.6) is 0 Å². The van der Waals surface area contributed by atoms with Crippen LogP contribution in [0.1, 0.15) is 5.56 Å². The molecule has 3 N–H and O–H groups in total. The third kappa shape index (κ3) is 1.97. The Kier molecular flexibility index (Phi) is 2.56. The van der Waals surface area contributed by atoms with Gasteiger partial charge in [0.15, 0.2) is 0 Å². The molecule has 0 spiro atoms. The summed E-state index contributed by atoms with van der Waals surface area (Å²) in [5.74, 6) is 0.499. The Balaban J connectivity index is 2.31. The first-order chi connectivity index (χ1) is 9.15. The topological polar surface area (TPSA) is 71.8 Å². The number of aromatic amines is 1. The van der Waals surface area contributed by atoms with Crippen molar-refractivity contribution in [3.05, 3.63) is 58.4 Å². The molecule has 0 radical (unpaired) electrons. The van der Waals surface area contributed by atoms with Crippen molar-refractivity contribution >= 4 is 16.6 Å². The maximum atomic E-state index is 12.1. The second-order valence-electron chi connectivity index (χ2n) is 4.52. The molecule has 0 amide bonds. The molecule has 4 nitrogen and oxygen atoms in total. The number of benzene rings is 2. The average molecular weight is 251 g/mol. The van der Waals surface area contributed by atoms with Crippen LogP contribution < -0.4 is 11.3 Å². The number of hydrogen-bond acceptors (Lipinski definition) is 3. The van der Waals surface area contributed by atoms with Gasteiger partial charge in [-0.1, -0.05) is 23.8 Å². The van der Waals surface area contributed by atoms with E-state index in [9.17, 15) is 4.79 Å². The minimum atomic E-state index is -0.146. The first kappa shape index (κ1) is 11.5. The van der Waals surface area contributed by atoms with Crippen LogP contribution in [-0.4, -0.2) is 9.97 Å². The van der Waals surface area contributed by atoms with Gasteiger partial charge in [0.25, 0.3) is 5.56 Å². The molecule has 0 bridgehead atoms. The lowest BCUT2D eigenvalue weighted by atomic mass is 10.1. The Morgan fingerprint density at radius 3 is 2.74 bits per heavy atom. The normalized spacial score (nSPS) is 10.8. The van der Waals surface area contributed by atoms with Crippen LogP contribution in [0.3, 0.4) is 0 Å². The Labute approximate surface area is 109 Å². The van der Waals surface area contributed by atoms with Gasteiger partial charge in [-0.25, -0.2) is 4.98 Å². The summed E-state index contributed by atoms with van der Waals surface area (Å²) in [5.41, 5.74) is 8.80.